The quantitative estimate of drug-likeness (QED) is 0.757. The lowest BCUT2D eigenvalue weighted by atomic mass is 10.1. The van der Waals surface area contributed by atoms with Crippen molar-refractivity contribution in [2.24, 2.45) is 0 Å². The summed E-state index contributed by atoms with van der Waals surface area (Å²) in [6.45, 7) is 8.37. The molecule has 0 saturated heterocycles. The second-order valence-corrected chi connectivity index (χ2v) is 5.76. The largest absolute Gasteiger partial charge is 0.327 e. The van der Waals surface area contributed by atoms with Crippen LogP contribution in [0.3, 0.4) is 0 Å². The fourth-order valence-electron chi connectivity index (χ4n) is 2.56. The Hall–Kier alpha value is -1.39. The molecule has 0 fully saturated rings. The number of aryl methyl sites for hydroxylation is 1. The van der Waals surface area contributed by atoms with Crippen LogP contribution in [0, 0.1) is 0 Å². The van der Waals surface area contributed by atoms with Gasteiger partial charge >= 0.3 is 0 Å². The highest BCUT2D eigenvalue weighted by atomic mass is 15.1. The molecule has 0 unspecified atom stereocenters. The van der Waals surface area contributed by atoms with Crippen LogP contribution in [0.2, 0.25) is 0 Å². The van der Waals surface area contributed by atoms with E-state index in [1.165, 1.54) is 16.9 Å². The molecule has 0 bridgehead atoms. The number of rotatable bonds is 8. The number of hydrogen-bond donors (Lipinski definition) is 1. The first-order valence-corrected chi connectivity index (χ1v) is 7.99. The number of aromatic nitrogens is 2. The topological polar surface area (TPSA) is 33.1 Å². The molecule has 0 radical (unpaired) electrons. The van der Waals surface area contributed by atoms with Gasteiger partial charge in [-0.3, -0.25) is 0 Å². The fraction of sp³-hybridized carbons (Fsp3) is 0.588. The van der Waals surface area contributed by atoms with Gasteiger partial charge in [0.15, 0.2) is 0 Å². The van der Waals surface area contributed by atoms with Crippen LogP contribution in [0.5, 0.6) is 0 Å². The monoisotopic (exact) mass is 288 g/mol. The van der Waals surface area contributed by atoms with Gasteiger partial charge in [0, 0.05) is 26.1 Å². The summed E-state index contributed by atoms with van der Waals surface area (Å²) >= 11 is 0. The van der Waals surface area contributed by atoms with Gasteiger partial charge in [-0.25, -0.2) is 4.98 Å². The van der Waals surface area contributed by atoms with Crippen molar-refractivity contribution in [2.45, 2.75) is 33.2 Å². The number of imidazole rings is 1. The zero-order valence-corrected chi connectivity index (χ0v) is 13.8. The Kier molecular flexibility index (Phi) is 5.76. The molecular weight excluding hydrogens is 260 g/mol. The second-order valence-electron chi connectivity index (χ2n) is 5.76. The Balaban J connectivity index is 2.31. The van der Waals surface area contributed by atoms with E-state index in [9.17, 15) is 0 Å². The van der Waals surface area contributed by atoms with Crippen LogP contribution in [0.1, 0.15) is 25.2 Å². The SMILES string of the molecule is CCNCCc1nc2cc(CC)ccc2n1CCN(C)C. The number of likely N-dealkylation sites (N-methyl/N-ethyl adjacent to an activating group) is 2. The number of hydrogen-bond acceptors (Lipinski definition) is 3. The van der Waals surface area contributed by atoms with E-state index < -0.39 is 0 Å². The first-order valence-electron chi connectivity index (χ1n) is 7.99. The smallest absolute Gasteiger partial charge is 0.111 e. The lowest BCUT2D eigenvalue weighted by molar-refractivity contribution is 0.383. The van der Waals surface area contributed by atoms with Gasteiger partial charge in [-0.1, -0.05) is 19.9 Å². The van der Waals surface area contributed by atoms with E-state index in [-0.39, 0.29) is 0 Å². The molecule has 0 spiro atoms. The van der Waals surface area contributed by atoms with Crippen LogP contribution in [0.15, 0.2) is 18.2 Å². The van der Waals surface area contributed by atoms with E-state index in [0.29, 0.717) is 0 Å². The molecule has 2 aromatic rings. The molecule has 21 heavy (non-hydrogen) atoms. The first-order chi connectivity index (χ1) is 10.2. The zero-order valence-electron chi connectivity index (χ0n) is 13.8. The Morgan fingerprint density at radius 1 is 1.24 bits per heavy atom. The standard InChI is InChI=1S/C17H28N4/c1-5-14-7-8-16-15(13-14)19-17(9-10-18-6-2)21(16)12-11-20(3)4/h7-8,13,18H,5-6,9-12H2,1-4H3. The number of fused-ring (bicyclic) bond motifs is 1. The maximum atomic E-state index is 4.88. The third-order valence-electron chi connectivity index (χ3n) is 3.85. The molecule has 0 aliphatic rings. The van der Waals surface area contributed by atoms with E-state index in [0.717, 1.165) is 44.5 Å². The molecule has 0 saturated carbocycles. The van der Waals surface area contributed by atoms with Crippen molar-refractivity contribution >= 4 is 11.0 Å². The molecule has 116 valence electrons. The fourth-order valence-corrected chi connectivity index (χ4v) is 2.56. The highest BCUT2D eigenvalue weighted by molar-refractivity contribution is 5.77. The third-order valence-corrected chi connectivity index (χ3v) is 3.85. The summed E-state index contributed by atoms with van der Waals surface area (Å²) in [4.78, 5) is 7.10. The molecule has 0 aliphatic carbocycles. The third kappa shape index (κ3) is 4.05. The molecule has 4 nitrogen and oxygen atoms in total. The van der Waals surface area contributed by atoms with Crippen LogP contribution < -0.4 is 5.32 Å². The Morgan fingerprint density at radius 2 is 2.05 bits per heavy atom. The highest BCUT2D eigenvalue weighted by Crippen LogP contribution is 2.19. The van der Waals surface area contributed by atoms with Crippen molar-refractivity contribution < 1.29 is 0 Å². The van der Waals surface area contributed by atoms with Gasteiger partial charge in [-0.15, -0.1) is 0 Å². The van der Waals surface area contributed by atoms with E-state index in [1.807, 2.05) is 0 Å². The molecule has 1 N–H and O–H groups in total. The van der Waals surface area contributed by atoms with Gasteiger partial charge in [-0.2, -0.15) is 0 Å². The minimum Gasteiger partial charge on any atom is -0.327 e. The predicted molar refractivity (Wildman–Crippen MR) is 89.9 cm³/mol. The van der Waals surface area contributed by atoms with Gasteiger partial charge in [-0.05, 0) is 44.8 Å². The van der Waals surface area contributed by atoms with Crippen molar-refractivity contribution in [1.82, 2.24) is 19.8 Å². The summed E-state index contributed by atoms with van der Waals surface area (Å²) in [5.41, 5.74) is 3.76. The molecule has 0 aliphatic heterocycles. The summed E-state index contributed by atoms with van der Waals surface area (Å²) < 4.78 is 2.38. The van der Waals surface area contributed by atoms with Crippen molar-refractivity contribution in [2.75, 3.05) is 33.7 Å². The van der Waals surface area contributed by atoms with Crippen LogP contribution in [0.25, 0.3) is 11.0 Å². The molecule has 4 heteroatoms. The van der Waals surface area contributed by atoms with Crippen molar-refractivity contribution in [3.63, 3.8) is 0 Å². The van der Waals surface area contributed by atoms with E-state index in [1.54, 1.807) is 0 Å². The van der Waals surface area contributed by atoms with Crippen LogP contribution in [-0.4, -0.2) is 48.2 Å². The van der Waals surface area contributed by atoms with Gasteiger partial charge in [0.25, 0.3) is 0 Å². The van der Waals surface area contributed by atoms with Crippen molar-refractivity contribution in [3.05, 3.63) is 29.6 Å². The van der Waals surface area contributed by atoms with E-state index in [2.05, 4.69) is 60.9 Å². The number of nitrogens with one attached hydrogen (secondary N) is 1. The van der Waals surface area contributed by atoms with Gasteiger partial charge in [0.1, 0.15) is 5.82 Å². The van der Waals surface area contributed by atoms with Crippen LogP contribution >= 0.6 is 0 Å². The molecule has 0 amide bonds. The molecule has 2 rings (SSSR count). The highest BCUT2D eigenvalue weighted by Gasteiger charge is 2.11. The Bertz CT molecular complexity index is 571. The molecule has 1 aromatic heterocycles. The Morgan fingerprint density at radius 3 is 2.71 bits per heavy atom. The number of benzene rings is 1. The van der Waals surface area contributed by atoms with Crippen LogP contribution in [-0.2, 0) is 19.4 Å². The average Bonchev–Trinajstić information content (AvgIpc) is 2.81. The predicted octanol–water partition coefficient (Wildman–Crippen LogP) is 2.31. The summed E-state index contributed by atoms with van der Waals surface area (Å²) in [7, 11) is 4.24. The lowest BCUT2D eigenvalue weighted by Crippen LogP contribution is -2.22. The van der Waals surface area contributed by atoms with E-state index >= 15 is 0 Å². The number of nitrogens with zero attached hydrogens (tertiary/aromatic N) is 3. The van der Waals surface area contributed by atoms with Gasteiger partial charge in [0.05, 0.1) is 11.0 Å². The summed E-state index contributed by atoms with van der Waals surface area (Å²) in [5.74, 6) is 1.20. The van der Waals surface area contributed by atoms with Gasteiger partial charge < -0.3 is 14.8 Å². The minimum atomic E-state index is 0.984. The second kappa shape index (κ2) is 7.57. The summed E-state index contributed by atoms with van der Waals surface area (Å²) in [5, 5.41) is 3.39. The van der Waals surface area contributed by atoms with Crippen LogP contribution in [0.4, 0.5) is 0 Å². The minimum absolute atomic E-state index is 0.984. The molecule has 0 atom stereocenters. The molecule has 1 aromatic carbocycles. The van der Waals surface area contributed by atoms with E-state index in [4.69, 9.17) is 4.98 Å². The normalized spacial score (nSPS) is 11.7. The average molecular weight is 288 g/mol. The molecule has 1 heterocycles. The zero-order chi connectivity index (χ0) is 15.2. The summed E-state index contributed by atoms with van der Waals surface area (Å²) in [6.07, 6.45) is 2.05. The van der Waals surface area contributed by atoms with Crippen molar-refractivity contribution in [3.8, 4) is 0 Å². The lowest BCUT2D eigenvalue weighted by Gasteiger charge is -2.13. The first kappa shape index (κ1) is 16.0. The Labute approximate surface area is 128 Å². The molecular formula is C17H28N4. The maximum Gasteiger partial charge on any atom is 0.111 e. The van der Waals surface area contributed by atoms with Gasteiger partial charge in [0.2, 0.25) is 0 Å². The summed E-state index contributed by atoms with van der Waals surface area (Å²) in [6, 6.07) is 6.69. The van der Waals surface area contributed by atoms with Crippen molar-refractivity contribution in [1.29, 1.82) is 0 Å². The maximum absolute atomic E-state index is 4.88.